The first kappa shape index (κ1) is 14.8. The standard InChI is InChI=1S/C13H17N5O3/c1-9-5-10(2)18(16-9)7-12(19)14-3-4-17-6-11(13(20)21)15-8-17/h5-6,8H,3-4,7H2,1-2H3,(H,14,19)(H,20,21). The maximum absolute atomic E-state index is 11.8. The highest BCUT2D eigenvalue weighted by Gasteiger charge is 2.08. The van der Waals surface area contributed by atoms with Crippen LogP contribution in [0.15, 0.2) is 18.6 Å². The number of carboxylic acid groups (broad SMARTS) is 1. The lowest BCUT2D eigenvalue weighted by Gasteiger charge is -2.07. The zero-order chi connectivity index (χ0) is 15.4. The number of hydrogen-bond acceptors (Lipinski definition) is 4. The van der Waals surface area contributed by atoms with Crippen LogP contribution >= 0.6 is 0 Å². The smallest absolute Gasteiger partial charge is 0.356 e. The molecule has 0 aliphatic heterocycles. The van der Waals surface area contributed by atoms with Crippen LogP contribution in [-0.4, -0.2) is 42.9 Å². The fourth-order valence-corrected chi connectivity index (χ4v) is 1.94. The van der Waals surface area contributed by atoms with Gasteiger partial charge in [0.05, 0.1) is 12.0 Å². The van der Waals surface area contributed by atoms with Gasteiger partial charge in [-0.05, 0) is 19.9 Å². The lowest BCUT2D eigenvalue weighted by atomic mass is 10.4. The molecule has 2 aromatic rings. The molecule has 0 aliphatic carbocycles. The Balaban J connectivity index is 1.78. The van der Waals surface area contributed by atoms with Gasteiger partial charge in [0, 0.05) is 25.0 Å². The second-order valence-corrected chi connectivity index (χ2v) is 4.74. The number of imidazole rings is 1. The summed E-state index contributed by atoms with van der Waals surface area (Å²) in [5.41, 5.74) is 1.80. The Morgan fingerprint density at radius 3 is 2.71 bits per heavy atom. The molecule has 2 rings (SSSR count). The van der Waals surface area contributed by atoms with Crippen LogP contribution in [0.1, 0.15) is 21.9 Å². The van der Waals surface area contributed by atoms with Crippen molar-refractivity contribution >= 4 is 11.9 Å². The summed E-state index contributed by atoms with van der Waals surface area (Å²) in [7, 11) is 0. The van der Waals surface area contributed by atoms with Gasteiger partial charge in [0.15, 0.2) is 5.69 Å². The Labute approximate surface area is 121 Å². The minimum atomic E-state index is -1.07. The molecule has 0 unspecified atom stereocenters. The summed E-state index contributed by atoms with van der Waals surface area (Å²) < 4.78 is 3.26. The Hall–Kier alpha value is -2.64. The van der Waals surface area contributed by atoms with Crippen molar-refractivity contribution in [1.29, 1.82) is 0 Å². The van der Waals surface area contributed by atoms with E-state index in [0.717, 1.165) is 11.4 Å². The summed E-state index contributed by atoms with van der Waals surface area (Å²) >= 11 is 0. The lowest BCUT2D eigenvalue weighted by molar-refractivity contribution is -0.121. The number of carbonyl (C=O) groups is 2. The van der Waals surface area contributed by atoms with E-state index in [1.54, 1.807) is 9.25 Å². The van der Waals surface area contributed by atoms with E-state index in [2.05, 4.69) is 15.4 Å². The van der Waals surface area contributed by atoms with Gasteiger partial charge < -0.3 is 15.0 Å². The molecule has 21 heavy (non-hydrogen) atoms. The number of aryl methyl sites for hydroxylation is 2. The molecular formula is C13H17N5O3. The van der Waals surface area contributed by atoms with Gasteiger partial charge in [-0.1, -0.05) is 0 Å². The average Bonchev–Trinajstić information content (AvgIpc) is 2.97. The van der Waals surface area contributed by atoms with E-state index in [-0.39, 0.29) is 18.1 Å². The molecule has 0 aliphatic rings. The largest absolute Gasteiger partial charge is 0.476 e. The highest BCUT2D eigenvalue weighted by atomic mass is 16.4. The van der Waals surface area contributed by atoms with Gasteiger partial charge in [0.1, 0.15) is 6.54 Å². The lowest BCUT2D eigenvalue weighted by Crippen LogP contribution is -2.31. The second kappa shape index (κ2) is 6.21. The van der Waals surface area contributed by atoms with Crippen molar-refractivity contribution in [3.8, 4) is 0 Å². The first-order valence-electron chi connectivity index (χ1n) is 6.48. The minimum absolute atomic E-state index is 0.0102. The molecule has 0 radical (unpaired) electrons. The molecule has 0 saturated heterocycles. The van der Waals surface area contributed by atoms with Crippen LogP contribution in [0, 0.1) is 13.8 Å². The van der Waals surface area contributed by atoms with Gasteiger partial charge in [-0.2, -0.15) is 5.10 Å². The summed E-state index contributed by atoms with van der Waals surface area (Å²) in [5.74, 6) is -1.21. The molecule has 0 saturated carbocycles. The molecule has 2 aromatic heterocycles. The third-order valence-corrected chi connectivity index (χ3v) is 2.94. The molecule has 1 amide bonds. The van der Waals surface area contributed by atoms with Crippen molar-refractivity contribution in [3.05, 3.63) is 35.7 Å². The number of carbonyl (C=O) groups excluding carboxylic acids is 1. The Bertz CT molecular complexity index is 659. The summed E-state index contributed by atoms with van der Waals surface area (Å²) in [4.78, 5) is 26.2. The van der Waals surface area contributed by atoms with Crippen LogP contribution < -0.4 is 5.32 Å². The maximum Gasteiger partial charge on any atom is 0.356 e. The zero-order valence-corrected chi connectivity index (χ0v) is 11.9. The monoisotopic (exact) mass is 291 g/mol. The number of aromatic carboxylic acids is 1. The quantitative estimate of drug-likeness (QED) is 0.792. The molecule has 0 bridgehead atoms. The predicted molar refractivity (Wildman–Crippen MR) is 73.9 cm³/mol. The van der Waals surface area contributed by atoms with Crippen molar-refractivity contribution in [2.24, 2.45) is 0 Å². The number of nitrogens with one attached hydrogen (secondary N) is 1. The summed E-state index contributed by atoms with van der Waals surface area (Å²) in [5, 5.41) is 15.7. The van der Waals surface area contributed by atoms with Gasteiger partial charge in [-0.3, -0.25) is 9.48 Å². The highest BCUT2D eigenvalue weighted by molar-refractivity contribution is 5.84. The predicted octanol–water partition coefficient (Wildman–Crippen LogP) is 0.211. The fourth-order valence-electron chi connectivity index (χ4n) is 1.94. The normalized spacial score (nSPS) is 10.6. The van der Waals surface area contributed by atoms with E-state index < -0.39 is 5.97 Å². The minimum Gasteiger partial charge on any atom is -0.476 e. The number of rotatable bonds is 6. The van der Waals surface area contributed by atoms with Crippen molar-refractivity contribution < 1.29 is 14.7 Å². The first-order chi connectivity index (χ1) is 9.95. The molecule has 2 heterocycles. The van der Waals surface area contributed by atoms with Crippen molar-refractivity contribution in [2.75, 3.05) is 6.54 Å². The summed E-state index contributed by atoms with van der Waals surface area (Å²) in [6.45, 7) is 4.80. The van der Waals surface area contributed by atoms with Gasteiger partial charge >= 0.3 is 5.97 Å². The van der Waals surface area contributed by atoms with E-state index in [4.69, 9.17) is 5.11 Å². The summed E-state index contributed by atoms with van der Waals surface area (Å²) in [6, 6.07) is 1.91. The number of hydrogen-bond donors (Lipinski definition) is 2. The zero-order valence-electron chi connectivity index (χ0n) is 11.9. The maximum atomic E-state index is 11.8. The molecule has 0 aromatic carbocycles. The van der Waals surface area contributed by atoms with E-state index in [9.17, 15) is 9.59 Å². The summed E-state index contributed by atoms with van der Waals surface area (Å²) in [6.07, 6.45) is 2.85. The Kier molecular flexibility index (Phi) is 4.36. The van der Waals surface area contributed by atoms with Gasteiger partial charge in [-0.15, -0.1) is 0 Å². The van der Waals surface area contributed by atoms with Crippen LogP contribution in [0.3, 0.4) is 0 Å². The third kappa shape index (κ3) is 3.91. The number of carboxylic acids is 1. The van der Waals surface area contributed by atoms with Crippen LogP contribution in [0.4, 0.5) is 0 Å². The molecule has 0 spiro atoms. The number of nitrogens with zero attached hydrogens (tertiary/aromatic N) is 4. The van der Waals surface area contributed by atoms with E-state index >= 15 is 0 Å². The van der Waals surface area contributed by atoms with E-state index in [1.807, 2.05) is 19.9 Å². The third-order valence-electron chi connectivity index (χ3n) is 2.94. The van der Waals surface area contributed by atoms with Crippen LogP contribution in [0.25, 0.3) is 0 Å². The topological polar surface area (TPSA) is 102 Å². The average molecular weight is 291 g/mol. The van der Waals surface area contributed by atoms with Crippen LogP contribution in [-0.2, 0) is 17.9 Å². The van der Waals surface area contributed by atoms with Gasteiger partial charge in [0.25, 0.3) is 0 Å². The van der Waals surface area contributed by atoms with Crippen molar-refractivity contribution in [1.82, 2.24) is 24.6 Å². The molecule has 2 N–H and O–H groups in total. The van der Waals surface area contributed by atoms with Crippen molar-refractivity contribution in [3.63, 3.8) is 0 Å². The van der Waals surface area contributed by atoms with Gasteiger partial charge in [-0.25, -0.2) is 9.78 Å². The van der Waals surface area contributed by atoms with Gasteiger partial charge in [0.2, 0.25) is 5.91 Å². The molecule has 8 nitrogen and oxygen atoms in total. The van der Waals surface area contributed by atoms with Crippen LogP contribution in [0.5, 0.6) is 0 Å². The first-order valence-corrected chi connectivity index (χ1v) is 6.48. The molecule has 0 atom stereocenters. The van der Waals surface area contributed by atoms with E-state index in [1.165, 1.54) is 12.5 Å². The van der Waals surface area contributed by atoms with E-state index in [0.29, 0.717) is 13.1 Å². The Morgan fingerprint density at radius 2 is 2.14 bits per heavy atom. The Morgan fingerprint density at radius 1 is 1.38 bits per heavy atom. The fraction of sp³-hybridized carbons (Fsp3) is 0.385. The SMILES string of the molecule is Cc1cc(C)n(CC(=O)NCCn2cnc(C(=O)O)c2)n1. The molecule has 0 fully saturated rings. The van der Waals surface area contributed by atoms with Crippen molar-refractivity contribution in [2.45, 2.75) is 26.9 Å². The molecular weight excluding hydrogens is 274 g/mol. The number of aromatic nitrogens is 4. The second-order valence-electron chi connectivity index (χ2n) is 4.74. The van der Waals surface area contributed by atoms with Crippen LogP contribution in [0.2, 0.25) is 0 Å². The number of amides is 1. The highest BCUT2D eigenvalue weighted by Crippen LogP contribution is 2.01. The molecule has 8 heteroatoms. The molecule has 112 valence electrons.